The number of carbonyl (C=O) groups excluding carboxylic acids is 2. The first-order valence-electron chi connectivity index (χ1n) is 18.8. The molecule has 0 heterocycles. The number of aliphatic hydroxyl groups excluding tert-OH is 3. The number of esters is 2. The molecule has 0 radical (unpaired) electrons. The predicted molar refractivity (Wildman–Crippen MR) is 194 cm³/mol. The van der Waals surface area contributed by atoms with Gasteiger partial charge in [0, 0.05) is 12.8 Å². The second-order valence-corrected chi connectivity index (χ2v) is 12.9. The maximum Gasteiger partial charge on any atom is 0.306 e. The van der Waals surface area contributed by atoms with Crippen LogP contribution in [0.3, 0.4) is 0 Å². The van der Waals surface area contributed by atoms with E-state index in [1.165, 1.54) is 77.0 Å². The molecule has 0 saturated carbocycles. The second kappa shape index (κ2) is 33.7. The van der Waals surface area contributed by atoms with Gasteiger partial charge in [-0.3, -0.25) is 9.59 Å². The highest BCUT2D eigenvalue weighted by Gasteiger charge is 2.16. The van der Waals surface area contributed by atoms with Gasteiger partial charge in [0.25, 0.3) is 0 Å². The van der Waals surface area contributed by atoms with Gasteiger partial charge in [0.1, 0.15) is 6.61 Å². The molecular weight excluding hydrogens is 592 g/mol. The van der Waals surface area contributed by atoms with Crippen molar-refractivity contribution >= 4 is 11.9 Å². The van der Waals surface area contributed by atoms with Crippen molar-refractivity contribution in [3.8, 4) is 0 Å². The fourth-order valence-electron chi connectivity index (χ4n) is 5.02. The Labute approximate surface area is 287 Å². The molecule has 7 heteroatoms. The number of hydrogen-bond donors (Lipinski definition) is 3. The molecule has 4 atom stereocenters. The molecule has 0 fully saturated rings. The standard InChI is InChI=1S/C40H70O7/c1-4-6-7-8-16-21-27-36(42)28-22-18-19-23-29-37(43)30-25-32-40(45)47-38(33-41)34-46-39(44)31-24-17-14-12-10-9-11-13-15-20-26-35(3)5-2/h16,18-19,21-23,28-29,35-38,41-43H,4-15,17,20,24-27,30-34H2,1-3H3/b19-18+,21-16-,28-22+,29-23-/t35?,36-,37-,38-/m0/s1. The van der Waals surface area contributed by atoms with Crippen molar-refractivity contribution in [3.05, 3.63) is 48.6 Å². The van der Waals surface area contributed by atoms with Gasteiger partial charge in [0.05, 0.1) is 18.8 Å². The van der Waals surface area contributed by atoms with Crippen LogP contribution >= 0.6 is 0 Å². The fourth-order valence-corrected chi connectivity index (χ4v) is 5.02. The molecule has 0 saturated heterocycles. The van der Waals surface area contributed by atoms with E-state index in [1.54, 1.807) is 36.5 Å². The summed E-state index contributed by atoms with van der Waals surface area (Å²) in [5.41, 5.74) is 0. The fraction of sp³-hybridized carbons (Fsp3) is 0.750. The van der Waals surface area contributed by atoms with Crippen molar-refractivity contribution in [2.45, 2.75) is 174 Å². The van der Waals surface area contributed by atoms with E-state index in [4.69, 9.17) is 9.47 Å². The largest absolute Gasteiger partial charge is 0.462 e. The van der Waals surface area contributed by atoms with E-state index in [2.05, 4.69) is 26.8 Å². The zero-order chi connectivity index (χ0) is 34.8. The number of hydrogen-bond acceptors (Lipinski definition) is 7. The molecule has 47 heavy (non-hydrogen) atoms. The number of carbonyl (C=O) groups is 2. The molecule has 0 aromatic heterocycles. The average Bonchev–Trinajstić information content (AvgIpc) is 3.06. The summed E-state index contributed by atoms with van der Waals surface area (Å²) in [6.45, 7) is 6.21. The smallest absolute Gasteiger partial charge is 0.306 e. The lowest BCUT2D eigenvalue weighted by molar-refractivity contribution is -0.161. The minimum absolute atomic E-state index is 0.0943. The van der Waals surface area contributed by atoms with Crippen LogP contribution in [0.15, 0.2) is 48.6 Å². The topological polar surface area (TPSA) is 113 Å². The van der Waals surface area contributed by atoms with Gasteiger partial charge in [-0.1, -0.05) is 153 Å². The van der Waals surface area contributed by atoms with E-state index >= 15 is 0 Å². The molecule has 0 spiro atoms. The molecular formula is C40H70O7. The maximum atomic E-state index is 12.2. The Morgan fingerprint density at radius 3 is 1.87 bits per heavy atom. The third-order valence-corrected chi connectivity index (χ3v) is 8.36. The maximum absolute atomic E-state index is 12.2. The van der Waals surface area contributed by atoms with Crippen LogP contribution < -0.4 is 0 Å². The van der Waals surface area contributed by atoms with Crippen LogP contribution in [-0.4, -0.2) is 58.8 Å². The summed E-state index contributed by atoms with van der Waals surface area (Å²) >= 11 is 0. The lowest BCUT2D eigenvalue weighted by Crippen LogP contribution is -2.28. The second-order valence-electron chi connectivity index (χ2n) is 12.9. The van der Waals surface area contributed by atoms with Gasteiger partial charge in [-0.25, -0.2) is 0 Å². The molecule has 7 nitrogen and oxygen atoms in total. The number of rotatable bonds is 32. The zero-order valence-corrected chi connectivity index (χ0v) is 30.2. The van der Waals surface area contributed by atoms with Crippen molar-refractivity contribution in [2.24, 2.45) is 5.92 Å². The van der Waals surface area contributed by atoms with Crippen LogP contribution in [0.2, 0.25) is 0 Å². The molecule has 0 aromatic carbocycles. The van der Waals surface area contributed by atoms with E-state index in [9.17, 15) is 24.9 Å². The highest BCUT2D eigenvalue weighted by molar-refractivity contribution is 5.70. The quantitative estimate of drug-likeness (QED) is 0.0285. The van der Waals surface area contributed by atoms with Gasteiger partial charge in [-0.15, -0.1) is 0 Å². The summed E-state index contributed by atoms with van der Waals surface area (Å²) in [7, 11) is 0. The van der Waals surface area contributed by atoms with Crippen LogP contribution in [0.5, 0.6) is 0 Å². The number of unbranched alkanes of at least 4 members (excludes halogenated alkanes) is 12. The van der Waals surface area contributed by atoms with Crippen molar-refractivity contribution in [2.75, 3.05) is 13.2 Å². The van der Waals surface area contributed by atoms with Crippen LogP contribution in [0.1, 0.15) is 156 Å². The summed E-state index contributed by atoms with van der Waals surface area (Å²) in [5, 5.41) is 29.6. The summed E-state index contributed by atoms with van der Waals surface area (Å²) in [5.74, 6) is 0.0274. The van der Waals surface area contributed by atoms with Crippen LogP contribution in [0, 0.1) is 5.92 Å². The zero-order valence-electron chi connectivity index (χ0n) is 30.2. The predicted octanol–water partition coefficient (Wildman–Crippen LogP) is 9.25. The van der Waals surface area contributed by atoms with Gasteiger partial charge in [-0.2, -0.15) is 0 Å². The van der Waals surface area contributed by atoms with Crippen LogP contribution in [0.25, 0.3) is 0 Å². The molecule has 0 aromatic rings. The van der Waals surface area contributed by atoms with E-state index in [1.807, 2.05) is 6.08 Å². The molecule has 0 rings (SSSR count). The van der Waals surface area contributed by atoms with Gasteiger partial charge >= 0.3 is 11.9 Å². The Balaban J connectivity index is 3.88. The van der Waals surface area contributed by atoms with E-state index in [0.717, 1.165) is 31.6 Å². The summed E-state index contributed by atoms with van der Waals surface area (Å²) in [6.07, 6.45) is 33.6. The monoisotopic (exact) mass is 663 g/mol. The van der Waals surface area contributed by atoms with Gasteiger partial charge in [-0.05, 0) is 44.4 Å². The van der Waals surface area contributed by atoms with E-state index < -0.39 is 30.9 Å². The Kier molecular flexibility index (Phi) is 32.1. The normalized spacial score (nSPS) is 14.8. The first-order chi connectivity index (χ1) is 22.8. The van der Waals surface area contributed by atoms with Crippen molar-refractivity contribution in [3.63, 3.8) is 0 Å². The number of aliphatic hydroxyl groups is 3. The Bertz CT molecular complexity index is 848. The molecule has 0 amide bonds. The summed E-state index contributed by atoms with van der Waals surface area (Å²) in [6, 6.07) is 0. The number of allylic oxidation sites excluding steroid dienone is 5. The average molecular weight is 663 g/mol. The van der Waals surface area contributed by atoms with E-state index in [0.29, 0.717) is 25.7 Å². The Morgan fingerprint density at radius 2 is 1.26 bits per heavy atom. The van der Waals surface area contributed by atoms with E-state index in [-0.39, 0.29) is 19.0 Å². The Morgan fingerprint density at radius 1 is 0.660 bits per heavy atom. The van der Waals surface area contributed by atoms with Crippen LogP contribution in [0.4, 0.5) is 0 Å². The summed E-state index contributed by atoms with van der Waals surface area (Å²) in [4.78, 5) is 24.2. The minimum atomic E-state index is -0.884. The third-order valence-electron chi connectivity index (χ3n) is 8.36. The molecule has 3 N–H and O–H groups in total. The van der Waals surface area contributed by atoms with Crippen molar-refractivity contribution < 1.29 is 34.4 Å². The first kappa shape index (κ1) is 44.8. The van der Waals surface area contributed by atoms with Gasteiger partial charge in [0.2, 0.25) is 0 Å². The van der Waals surface area contributed by atoms with Crippen LogP contribution in [-0.2, 0) is 19.1 Å². The molecule has 272 valence electrons. The number of ether oxygens (including phenoxy) is 2. The molecule has 0 aliphatic rings. The van der Waals surface area contributed by atoms with Gasteiger partial charge in [0.15, 0.2) is 6.10 Å². The van der Waals surface area contributed by atoms with Crippen molar-refractivity contribution in [1.29, 1.82) is 0 Å². The molecule has 0 bridgehead atoms. The first-order valence-corrected chi connectivity index (χ1v) is 18.8. The minimum Gasteiger partial charge on any atom is -0.462 e. The highest BCUT2D eigenvalue weighted by atomic mass is 16.6. The molecule has 1 unspecified atom stereocenters. The molecule has 0 aliphatic heterocycles. The molecule has 0 aliphatic carbocycles. The highest BCUT2D eigenvalue weighted by Crippen LogP contribution is 2.16. The SMILES string of the molecule is CCCCC/C=C\C[C@H](O)/C=C/C=C/C=C\[C@H](O)CCCC(=O)O[C@@H](CO)COC(=O)CCCCCCCCCCCCC(C)CC. The lowest BCUT2D eigenvalue weighted by atomic mass is 9.99. The summed E-state index contributed by atoms with van der Waals surface area (Å²) < 4.78 is 10.5. The van der Waals surface area contributed by atoms with Crippen molar-refractivity contribution in [1.82, 2.24) is 0 Å². The third kappa shape index (κ3) is 32.1. The van der Waals surface area contributed by atoms with Gasteiger partial charge < -0.3 is 24.8 Å². The Hall–Kier alpha value is -2.22. The lowest BCUT2D eigenvalue weighted by Gasteiger charge is -2.16.